The van der Waals surface area contributed by atoms with Crippen LogP contribution in [0.5, 0.6) is 0 Å². The van der Waals surface area contributed by atoms with Gasteiger partial charge in [-0.3, -0.25) is 0 Å². The van der Waals surface area contributed by atoms with Gasteiger partial charge in [-0.25, -0.2) is 4.98 Å². The molecule has 0 saturated carbocycles. The number of aromatic nitrogens is 2. The lowest BCUT2D eigenvalue weighted by molar-refractivity contribution is 1.02. The quantitative estimate of drug-likeness (QED) is 0.622. The number of imidazole rings is 1. The first-order chi connectivity index (χ1) is 10.6. The molecule has 0 fully saturated rings. The van der Waals surface area contributed by atoms with Crippen molar-refractivity contribution in [2.75, 3.05) is 0 Å². The second-order valence-corrected chi connectivity index (χ2v) is 6.22. The first-order valence-electron chi connectivity index (χ1n) is 6.79. The molecule has 112 valence electrons. The number of benzene rings is 2. The highest BCUT2D eigenvalue weighted by molar-refractivity contribution is 6.43. The molecule has 1 N–H and O–H groups in total. The van der Waals surface area contributed by atoms with E-state index in [-0.39, 0.29) is 0 Å². The third-order valence-corrected chi connectivity index (χ3v) is 4.64. The number of nitrogens with one attached hydrogen (secondary N) is 1. The number of halogens is 3. The predicted molar refractivity (Wildman–Crippen MR) is 93.0 cm³/mol. The Bertz CT molecular complexity index is 825. The predicted octanol–water partition coefficient (Wildman–Crippen LogP) is 5.94. The molecule has 0 amide bonds. The van der Waals surface area contributed by atoms with Crippen LogP contribution in [-0.2, 0) is 6.42 Å². The van der Waals surface area contributed by atoms with Crippen molar-refractivity contribution in [2.45, 2.75) is 13.3 Å². The fourth-order valence-corrected chi connectivity index (χ4v) is 2.97. The Hall–Kier alpha value is -1.48. The van der Waals surface area contributed by atoms with Crippen molar-refractivity contribution in [1.82, 2.24) is 9.97 Å². The maximum absolute atomic E-state index is 6.29. The first-order valence-corrected chi connectivity index (χ1v) is 7.93. The van der Waals surface area contributed by atoms with E-state index < -0.39 is 0 Å². The molecule has 3 aromatic rings. The van der Waals surface area contributed by atoms with Crippen LogP contribution in [-0.4, -0.2) is 9.97 Å². The zero-order valence-electron chi connectivity index (χ0n) is 11.8. The summed E-state index contributed by atoms with van der Waals surface area (Å²) >= 11 is 18.6. The Morgan fingerprint density at radius 2 is 1.68 bits per heavy atom. The van der Waals surface area contributed by atoms with Gasteiger partial charge in [-0.05, 0) is 24.6 Å². The van der Waals surface area contributed by atoms with Gasteiger partial charge in [-0.1, -0.05) is 65.1 Å². The Morgan fingerprint density at radius 1 is 0.955 bits per heavy atom. The molecule has 0 aliphatic rings. The molecule has 1 heterocycles. The van der Waals surface area contributed by atoms with E-state index in [1.807, 2.05) is 43.3 Å². The normalized spacial score (nSPS) is 10.9. The van der Waals surface area contributed by atoms with Crippen LogP contribution in [0.4, 0.5) is 0 Å². The summed E-state index contributed by atoms with van der Waals surface area (Å²) in [5.74, 6) is 0.844. The number of aryl methyl sites for hydroxylation is 1. The van der Waals surface area contributed by atoms with Crippen LogP contribution in [0.1, 0.15) is 17.1 Å². The molecular weight excluding hydrogens is 339 g/mol. The molecule has 3 rings (SSSR count). The Morgan fingerprint density at radius 3 is 2.45 bits per heavy atom. The number of rotatable bonds is 3. The number of aromatic amines is 1. The van der Waals surface area contributed by atoms with Crippen LogP contribution < -0.4 is 0 Å². The monoisotopic (exact) mass is 350 g/mol. The average Bonchev–Trinajstić information content (AvgIpc) is 2.85. The number of hydrogen-bond acceptors (Lipinski definition) is 1. The van der Waals surface area contributed by atoms with Gasteiger partial charge in [0.15, 0.2) is 0 Å². The van der Waals surface area contributed by atoms with Crippen LogP contribution in [0.2, 0.25) is 15.1 Å². The van der Waals surface area contributed by atoms with Gasteiger partial charge < -0.3 is 4.98 Å². The van der Waals surface area contributed by atoms with Gasteiger partial charge in [-0.15, -0.1) is 0 Å². The van der Waals surface area contributed by atoms with Crippen LogP contribution in [0, 0.1) is 6.92 Å². The van der Waals surface area contributed by atoms with Crippen molar-refractivity contribution in [3.8, 4) is 11.3 Å². The summed E-state index contributed by atoms with van der Waals surface area (Å²) in [6, 6.07) is 13.3. The lowest BCUT2D eigenvalue weighted by Gasteiger charge is -2.03. The largest absolute Gasteiger partial charge is 0.345 e. The summed E-state index contributed by atoms with van der Waals surface area (Å²) in [5, 5.41) is 1.77. The molecule has 0 spiro atoms. The zero-order valence-corrected chi connectivity index (χ0v) is 14.1. The van der Waals surface area contributed by atoms with Crippen molar-refractivity contribution < 1.29 is 0 Å². The summed E-state index contributed by atoms with van der Waals surface area (Å²) in [7, 11) is 0. The van der Waals surface area contributed by atoms with E-state index in [0.29, 0.717) is 16.5 Å². The molecule has 2 nitrogen and oxygen atoms in total. The van der Waals surface area contributed by atoms with Gasteiger partial charge in [-0.2, -0.15) is 0 Å². The lowest BCUT2D eigenvalue weighted by Crippen LogP contribution is -1.91. The van der Waals surface area contributed by atoms with Crippen LogP contribution >= 0.6 is 34.8 Å². The molecule has 5 heteroatoms. The van der Waals surface area contributed by atoms with E-state index in [4.69, 9.17) is 34.8 Å². The zero-order chi connectivity index (χ0) is 15.7. The third-order valence-electron chi connectivity index (χ3n) is 3.46. The smallest absolute Gasteiger partial charge is 0.111 e. The standard InChI is InChI=1S/C17H13Cl3N2/c1-10-17(12-6-4-8-14(19)16(12)20)22-15(21-10)9-11-5-2-3-7-13(11)18/h2-8H,9H2,1H3,(H,21,22). The summed E-state index contributed by atoms with van der Waals surface area (Å²) in [6.45, 7) is 1.97. The molecule has 0 bridgehead atoms. The topological polar surface area (TPSA) is 28.7 Å². The second kappa shape index (κ2) is 6.33. The Labute approximate surface area is 144 Å². The highest BCUT2D eigenvalue weighted by Crippen LogP contribution is 2.34. The van der Waals surface area contributed by atoms with Crippen LogP contribution in [0.15, 0.2) is 42.5 Å². The van der Waals surface area contributed by atoms with Gasteiger partial charge in [0, 0.05) is 22.7 Å². The van der Waals surface area contributed by atoms with E-state index in [1.165, 1.54) is 0 Å². The fraction of sp³-hybridized carbons (Fsp3) is 0.118. The van der Waals surface area contributed by atoms with Crippen molar-refractivity contribution in [3.63, 3.8) is 0 Å². The Kier molecular flexibility index (Phi) is 4.44. The average molecular weight is 352 g/mol. The fourth-order valence-electron chi connectivity index (χ4n) is 2.38. The van der Waals surface area contributed by atoms with Gasteiger partial charge in [0.2, 0.25) is 0 Å². The number of hydrogen-bond donors (Lipinski definition) is 1. The van der Waals surface area contributed by atoms with Crippen molar-refractivity contribution in [2.24, 2.45) is 0 Å². The first kappa shape index (κ1) is 15.4. The van der Waals surface area contributed by atoms with Gasteiger partial charge in [0.05, 0.1) is 15.7 Å². The SMILES string of the molecule is Cc1[nH]c(Cc2ccccc2Cl)nc1-c1cccc(Cl)c1Cl. The van der Waals surface area contributed by atoms with E-state index in [1.54, 1.807) is 6.07 Å². The minimum atomic E-state index is 0.517. The highest BCUT2D eigenvalue weighted by atomic mass is 35.5. The van der Waals surface area contributed by atoms with Gasteiger partial charge in [0.1, 0.15) is 5.82 Å². The maximum atomic E-state index is 6.29. The van der Waals surface area contributed by atoms with Gasteiger partial charge >= 0.3 is 0 Å². The van der Waals surface area contributed by atoms with Crippen LogP contribution in [0.25, 0.3) is 11.3 Å². The van der Waals surface area contributed by atoms with Crippen molar-refractivity contribution in [3.05, 3.63) is 74.6 Å². The summed E-state index contributed by atoms with van der Waals surface area (Å²) in [6.07, 6.45) is 0.638. The summed E-state index contributed by atoms with van der Waals surface area (Å²) in [5.41, 5.74) is 3.62. The molecule has 1 aromatic heterocycles. The molecule has 0 unspecified atom stereocenters. The van der Waals surface area contributed by atoms with Crippen LogP contribution in [0.3, 0.4) is 0 Å². The minimum absolute atomic E-state index is 0.517. The maximum Gasteiger partial charge on any atom is 0.111 e. The molecule has 0 saturated heterocycles. The summed E-state index contributed by atoms with van der Waals surface area (Å²) in [4.78, 5) is 7.96. The lowest BCUT2D eigenvalue weighted by atomic mass is 10.1. The molecule has 0 radical (unpaired) electrons. The number of H-pyrrole nitrogens is 1. The minimum Gasteiger partial charge on any atom is -0.345 e. The molecule has 0 aliphatic heterocycles. The van der Waals surface area contributed by atoms with E-state index in [0.717, 1.165) is 33.4 Å². The third kappa shape index (κ3) is 3.00. The molecule has 0 atom stereocenters. The highest BCUT2D eigenvalue weighted by Gasteiger charge is 2.14. The number of nitrogens with zero attached hydrogens (tertiary/aromatic N) is 1. The molecule has 22 heavy (non-hydrogen) atoms. The van der Waals surface area contributed by atoms with Gasteiger partial charge in [0.25, 0.3) is 0 Å². The summed E-state index contributed by atoms with van der Waals surface area (Å²) < 4.78 is 0. The van der Waals surface area contributed by atoms with E-state index >= 15 is 0 Å². The Balaban J connectivity index is 1.98. The molecule has 0 aliphatic carbocycles. The van der Waals surface area contributed by atoms with Crippen molar-refractivity contribution in [1.29, 1.82) is 0 Å². The van der Waals surface area contributed by atoms with Crippen molar-refractivity contribution >= 4 is 34.8 Å². The molecular formula is C17H13Cl3N2. The molecule has 2 aromatic carbocycles. The van der Waals surface area contributed by atoms with E-state index in [2.05, 4.69) is 9.97 Å². The van der Waals surface area contributed by atoms with E-state index in [9.17, 15) is 0 Å². The second-order valence-electron chi connectivity index (χ2n) is 5.03.